The molecule has 0 saturated carbocycles. The zero-order valence-corrected chi connectivity index (χ0v) is 11.6. The molecule has 2 aromatic rings. The third kappa shape index (κ3) is 3.38. The first-order valence-electron chi connectivity index (χ1n) is 6.24. The fourth-order valence-electron chi connectivity index (χ4n) is 1.79. The van der Waals surface area contributed by atoms with Gasteiger partial charge in [0.1, 0.15) is 11.6 Å². The molecular formula is C16H11F2NO3. The van der Waals surface area contributed by atoms with Crippen LogP contribution in [0.5, 0.6) is 11.5 Å². The van der Waals surface area contributed by atoms with E-state index in [2.05, 4.69) is 0 Å². The molecule has 0 amide bonds. The van der Waals surface area contributed by atoms with Crippen molar-refractivity contribution >= 4 is 5.78 Å². The van der Waals surface area contributed by atoms with Crippen molar-refractivity contribution in [3.63, 3.8) is 0 Å². The second kappa shape index (κ2) is 6.68. The molecule has 0 N–H and O–H groups in total. The molecule has 0 aliphatic rings. The lowest BCUT2D eigenvalue weighted by molar-refractivity contribution is 0.0915. The highest BCUT2D eigenvalue weighted by atomic mass is 19.1. The maximum Gasteiger partial charge on any atom is 0.203 e. The van der Waals surface area contributed by atoms with E-state index in [1.165, 1.54) is 25.3 Å². The lowest BCUT2D eigenvalue weighted by Crippen LogP contribution is -2.14. The van der Waals surface area contributed by atoms with Crippen LogP contribution in [0.3, 0.4) is 0 Å². The number of hydrogen-bond donors (Lipinski definition) is 0. The minimum Gasteiger partial charge on any atom is -0.493 e. The molecule has 0 aromatic heterocycles. The van der Waals surface area contributed by atoms with Crippen LogP contribution in [0.15, 0.2) is 36.4 Å². The SMILES string of the molecule is COc1cc(C#N)ccc1OCC(=O)c1cc(F)ccc1F. The standard InChI is InChI=1S/C16H11F2NO3/c1-21-16-6-10(8-19)2-5-15(16)22-9-14(20)12-7-11(17)3-4-13(12)18/h2-7H,9H2,1H3. The van der Waals surface area contributed by atoms with Crippen LogP contribution >= 0.6 is 0 Å². The summed E-state index contributed by atoms with van der Waals surface area (Å²) < 4.78 is 36.9. The smallest absolute Gasteiger partial charge is 0.203 e. The van der Waals surface area contributed by atoms with Crippen molar-refractivity contribution in [3.8, 4) is 17.6 Å². The molecule has 6 heteroatoms. The lowest BCUT2D eigenvalue weighted by Gasteiger charge is -2.10. The van der Waals surface area contributed by atoms with Crippen LogP contribution < -0.4 is 9.47 Å². The first-order valence-corrected chi connectivity index (χ1v) is 6.24. The Kier molecular flexibility index (Phi) is 4.69. The van der Waals surface area contributed by atoms with Crippen LogP contribution in [0.2, 0.25) is 0 Å². The van der Waals surface area contributed by atoms with Gasteiger partial charge in [0, 0.05) is 6.07 Å². The average Bonchev–Trinajstić information content (AvgIpc) is 2.54. The Morgan fingerprint density at radius 2 is 1.95 bits per heavy atom. The highest BCUT2D eigenvalue weighted by molar-refractivity contribution is 5.97. The van der Waals surface area contributed by atoms with E-state index in [1.807, 2.05) is 6.07 Å². The third-order valence-corrected chi connectivity index (χ3v) is 2.88. The largest absolute Gasteiger partial charge is 0.493 e. The van der Waals surface area contributed by atoms with Gasteiger partial charge in [-0.15, -0.1) is 0 Å². The minimum atomic E-state index is -0.818. The Bertz CT molecular complexity index is 754. The lowest BCUT2D eigenvalue weighted by atomic mass is 10.1. The number of benzene rings is 2. The summed E-state index contributed by atoms with van der Waals surface area (Å²) >= 11 is 0. The predicted molar refractivity (Wildman–Crippen MR) is 73.9 cm³/mol. The molecule has 0 atom stereocenters. The fraction of sp³-hybridized carbons (Fsp3) is 0.125. The van der Waals surface area contributed by atoms with E-state index in [9.17, 15) is 13.6 Å². The quantitative estimate of drug-likeness (QED) is 0.796. The molecule has 0 radical (unpaired) electrons. The molecule has 0 fully saturated rings. The summed E-state index contributed by atoms with van der Waals surface area (Å²) in [5.41, 5.74) is -0.0145. The van der Waals surface area contributed by atoms with Crippen molar-refractivity contribution in [2.24, 2.45) is 0 Å². The zero-order valence-electron chi connectivity index (χ0n) is 11.6. The van der Waals surface area contributed by atoms with Crippen molar-refractivity contribution in [1.82, 2.24) is 0 Å². The van der Waals surface area contributed by atoms with E-state index in [0.29, 0.717) is 5.56 Å². The number of nitrogens with zero attached hydrogens (tertiary/aromatic N) is 1. The van der Waals surface area contributed by atoms with Gasteiger partial charge in [-0.2, -0.15) is 5.26 Å². The number of methoxy groups -OCH3 is 1. The maximum absolute atomic E-state index is 13.5. The van der Waals surface area contributed by atoms with Crippen LogP contribution in [0.1, 0.15) is 15.9 Å². The molecule has 0 aliphatic carbocycles. The molecule has 2 aromatic carbocycles. The number of ether oxygens (including phenoxy) is 2. The molecule has 0 heterocycles. The summed E-state index contributed by atoms with van der Waals surface area (Å²) in [7, 11) is 1.39. The van der Waals surface area contributed by atoms with Crippen molar-refractivity contribution in [2.75, 3.05) is 13.7 Å². The van der Waals surface area contributed by atoms with Crippen molar-refractivity contribution in [3.05, 3.63) is 59.2 Å². The summed E-state index contributed by atoms with van der Waals surface area (Å²) in [6.45, 7) is -0.483. The van der Waals surface area contributed by atoms with E-state index >= 15 is 0 Å². The normalized spacial score (nSPS) is 9.91. The van der Waals surface area contributed by atoms with Gasteiger partial charge in [-0.05, 0) is 30.3 Å². The fourth-order valence-corrected chi connectivity index (χ4v) is 1.79. The van der Waals surface area contributed by atoms with Gasteiger partial charge in [0.05, 0.1) is 24.3 Å². The van der Waals surface area contributed by atoms with E-state index in [0.717, 1.165) is 18.2 Å². The molecule has 0 saturated heterocycles. The second-order valence-electron chi connectivity index (χ2n) is 4.31. The number of nitriles is 1. The van der Waals surface area contributed by atoms with Crippen LogP contribution in [0.25, 0.3) is 0 Å². The number of carbonyl (C=O) groups excluding carboxylic acids is 1. The number of carbonyl (C=O) groups is 1. The first-order chi connectivity index (χ1) is 10.5. The summed E-state index contributed by atoms with van der Waals surface area (Å²) in [5, 5.41) is 8.79. The summed E-state index contributed by atoms with van der Waals surface area (Å²) in [6.07, 6.45) is 0. The van der Waals surface area contributed by atoms with Crippen LogP contribution in [0.4, 0.5) is 8.78 Å². The van der Waals surface area contributed by atoms with Gasteiger partial charge >= 0.3 is 0 Å². The van der Waals surface area contributed by atoms with Crippen LogP contribution in [0, 0.1) is 23.0 Å². The third-order valence-electron chi connectivity index (χ3n) is 2.88. The molecule has 2 rings (SSSR count). The number of halogens is 2. The Labute approximate surface area is 125 Å². The highest BCUT2D eigenvalue weighted by Crippen LogP contribution is 2.28. The average molecular weight is 303 g/mol. The molecule has 22 heavy (non-hydrogen) atoms. The Morgan fingerprint density at radius 1 is 1.18 bits per heavy atom. The molecule has 112 valence electrons. The summed E-state index contributed by atoms with van der Waals surface area (Å²) in [4.78, 5) is 11.9. The summed E-state index contributed by atoms with van der Waals surface area (Å²) in [6, 6.07) is 8.97. The predicted octanol–water partition coefficient (Wildman–Crippen LogP) is 3.11. The Morgan fingerprint density at radius 3 is 2.64 bits per heavy atom. The topological polar surface area (TPSA) is 59.3 Å². The van der Waals surface area contributed by atoms with Crippen molar-refractivity contribution < 1.29 is 23.0 Å². The zero-order chi connectivity index (χ0) is 16.1. The van der Waals surface area contributed by atoms with Crippen molar-refractivity contribution in [2.45, 2.75) is 0 Å². The number of Topliss-reactive ketones (excluding diaryl/α,β-unsaturated/α-hetero) is 1. The molecule has 4 nitrogen and oxygen atoms in total. The number of ketones is 1. The van der Waals surface area contributed by atoms with E-state index in [4.69, 9.17) is 14.7 Å². The van der Waals surface area contributed by atoms with E-state index < -0.39 is 24.0 Å². The first kappa shape index (κ1) is 15.4. The minimum absolute atomic E-state index is 0.228. The Hall–Kier alpha value is -2.94. The molecular weight excluding hydrogens is 292 g/mol. The molecule has 0 unspecified atom stereocenters. The van der Waals surface area contributed by atoms with Gasteiger partial charge in [0.15, 0.2) is 18.1 Å². The van der Waals surface area contributed by atoms with Gasteiger partial charge in [-0.1, -0.05) is 0 Å². The molecule has 0 aliphatic heterocycles. The van der Waals surface area contributed by atoms with Gasteiger partial charge < -0.3 is 9.47 Å². The maximum atomic E-state index is 13.5. The number of hydrogen-bond acceptors (Lipinski definition) is 4. The summed E-state index contributed by atoms with van der Waals surface area (Å²) in [5.74, 6) is -1.73. The van der Waals surface area contributed by atoms with Gasteiger partial charge in [-0.25, -0.2) is 8.78 Å². The van der Waals surface area contributed by atoms with Crippen molar-refractivity contribution in [1.29, 1.82) is 5.26 Å². The van der Waals surface area contributed by atoms with Gasteiger partial charge in [0.2, 0.25) is 5.78 Å². The Balaban J connectivity index is 2.15. The van der Waals surface area contributed by atoms with Crippen LogP contribution in [-0.2, 0) is 0 Å². The van der Waals surface area contributed by atoms with Gasteiger partial charge in [0.25, 0.3) is 0 Å². The highest BCUT2D eigenvalue weighted by Gasteiger charge is 2.15. The monoisotopic (exact) mass is 303 g/mol. The number of rotatable bonds is 5. The molecule has 0 spiro atoms. The van der Waals surface area contributed by atoms with Crippen LogP contribution in [-0.4, -0.2) is 19.5 Å². The second-order valence-corrected chi connectivity index (χ2v) is 4.31. The van der Waals surface area contributed by atoms with E-state index in [1.54, 1.807) is 0 Å². The molecule has 0 bridgehead atoms. The van der Waals surface area contributed by atoms with Gasteiger partial charge in [-0.3, -0.25) is 4.79 Å². The van der Waals surface area contributed by atoms with E-state index in [-0.39, 0.29) is 17.1 Å².